The fourth-order valence-corrected chi connectivity index (χ4v) is 6.15. The van der Waals surface area contributed by atoms with Crippen LogP contribution in [0.4, 0.5) is 5.82 Å². The molecule has 6 nitrogen and oxygen atoms in total. The molecule has 5 rings (SSSR count). The molecule has 1 saturated carbocycles. The number of para-hydroxylation sites is 1. The molecule has 33 heavy (non-hydrogen) atoms. The molecule has 2 N–H and O–H groups in total. The number of sulfone groups is 1. The molecule has 0 atom stereocenters. The summed E-state index contributed by atoms with van der Waals surface area (Å²) in [5, 5.41) is 14.2. The Hall–Kier alpha value is -3.29. The number of rotatable bonds is 6. The van der Waals surface area contributed by atoms with Crippen molar-refractivity contribution in [2.75, 3.05) is 5.32 Å². The summed E-state index contributed by atoms with van der Waals surface area (Å²) in [6.07, 6.45) is 4.57. The van der Waals surface area contributed by atoms with Crippen LogP contribution in [0, 0.1) is 0 Å². The van der Waals surface area contributed by atoms with Crippen molar-refractivity contribution in [1.82, 2.24) is 9.97 Å². The van der Waals surface area contributed by atoms with Crippen LogP contribution in [-0.4, -0.2) is 29.5 Å². The Morgan fingerprint density at radius 3 is 2.30 bits per heavy atom. The minimum absolute atomic E-state index is 0.0880. The second-order valence-electron chi connectivity index (χ2n) is 8.30. The van der Waals surface area contributed by atoms with Gasteiger partial charge in [0.2, 0.25) is 9.84 Å². The van der Waals surface area contributed by atoms with Gasteiger partial charge in [0, 0.05) is 17.0 Å². The Kier molecular flexibility index (Phi) is 5.83. The minimum atomic E-state index is -3.91. The van der Waals surface area contributed by atoms with Crippen LogP contribution in [-0.2, 0) is 16.4 Å². The van der Waals surface area contributed by atoms with Gasteiger partial charge in [-0.3, -0.25) is 0 Å². The number of aliphatic hydroxyl groups excluding tert-OH is 1. The fourth-order valence-electron chi connectivity index (χ4n) is 4.47. The molecule has 7 heteroatoms. The summed E-state index contributed by atoms with van der Waals surface area (Å²) >= 11 is 0. The maximum absolute atomic E-state index is 13.7. The third-order valence-electron chi connectivity index (χ3n) is 6.15. The van der Waals surface area contributed by atoms with E-state index < -0.39 is 9.84 Å². The van der Waals surface area contributed by atoms with E-state index in [4.69, 9.17) is 9.97 Å². The van der Waals surface area contributed by atoms with Crippen LogP contribution < -0.4 is 5.32 Å². The zero-order chi connectivity index (χ0) is 22.8. The second kappa shape index (κ2) is 8.92. The quantitative estimate of drug-likeness (QED) is 0.423. The summed E-state index contributed by atoms with van der Waals surface area (Å²) in [4.78, 5) is 9.74. The number of benzene rings is 3. The molecule has 1 aliphatic rings. The highest BCUT2D eigenvalue weighted by molar-refractivity contribution is 7.91. The van der Waals surface area contributed by atoms with E-state index in [9.17, 15) is 13.5 Å². The van der Waals surface area contributed by atoms with Gasteiger partial charge in [-0.15, -0.1) is 0 Å². The van der Waals surface area contributed by atoms with E-state index >= 15 is 0 Å². The van der Waals surface area contributed by atoms with Crippen molar-refractivity contribution >= 4 is 26.6 Å². The predicted molar refractivity (Wildman–Crippen MR) is 129 cm³/mol. The van der Waals surface area contributed by atoms with Crippen LogP contribution in [0.5, 0.6) is 0 Å². The van der Waals surface area contributed by atoms with Crippen LogP contribution in [0.1, 0.15) is 31.2 Å². The highest BCUT2D eigenvalue weighted by Gasteiger charge is 2.26. The van der Waals surface area contributed by atoms with Gasteiger partial charge >= 0.3 is 0 Å². The van der Waals surface area contributed by atoms with Crippen molar-refractivity contribution in [3.8, 4) is 11.4 Å². The maximum Gasteiger partial charge on any atom is 0.207 e. The van der Waals surface area contributed by atoms with Crippen molar-refractivity contribution in [2.24, 2.45) is 0 Å². The Bertz CT molecular complexity index is 1410. The van der Waals surface area contributed by atoms with Crippen molar-refractivity contribution in [1.29, 1.82) is 0 Å². The molecule has 4 aromatic rings. The van der Waals surface area contributed by atoms with Gasteiger partial charge in [0.25, 0.3) is 0 Å². The number of fused-ring (bicyclic) bond motifs is 1. The molecule has 1 aromatic heterocycles. The van der Waals surface area contributed by atoms with Crippen LogP contribution in [0.25, 0.3) is 22.3 Å². The molecule has 0 spiro atoms. The van der Waals surface area contributed by atoms with Crippen LogP contribution in [0.3, 0.4) is 0 Å². The highest BCUT2D eigenvalue weighted by Crippen LogP contribution is 2.34. The highest BCUT2D eigenvalue weighted by atomic mass is 32.2. The zero-order valence-electron chi connectivity index (χ0n) is 18.1. The molecule has 0 radical (unpaired) electrons. The van der Waals surface area contributed by atoms with Crippen LogP contribution in [0.2, 0.25) is 0 Å². The van der Waals surface area contributed by atoms with E-state index in [2.05, 4.69) is 5.32 Å². The van der Waals surface area contributed by atoms with Crippen LogP contribution >= 0.6 is 0 Å². The summed E-state index contributed by atoms with van der Waals surface area (Å²) in [5.41, 5.74) is 1.55. The molecule has 0 bridgehead atoms. The second-order valence-corrected chi connectivity index (χ2v) is 10.2. The molecule has 0 saturated heterocycles. The third kappa shape index (κ3) is 4.10. The summed E-state index contributed by atoms with van der Waals surface area (Å²) < 4.78 is 27.3. The molecule has 0 aliphatic heterocycles. The Morgan fingerprint density at radius 2 is 1.52 bits per heavy atom. The van der Waals surface area contributed by atoms with E-state index in [0.717, 1.165) is 29.6 Å². The third-order valence-corrected chi connectivity index (χ3v) is 8.06. The van der Waals surface area contributed by atoms with E-state index in [0.29, 0.717) is 23.0 Å². The lowest BCUT2D eigenvalue weighted by molar-refractivity contribution is 0.278. The number of anilines is 1. The average molecular weight is 460 g/mol. The Balaban J connectivity index is 1.67. The van der Waals surface area contributed by atoms with Gasteiger partial charge in [0.05, 0.1) is 21.9 Å². The lowest BCUT2D eigenvalue weighted by atomic mass is 10.1. The van der Waals surface area contributed by atoms with E-state index in [1.807, 2.05) is 24.3 Å². The molecule has 3 aromatic carbocycles. The van der Waals surface area contributed by atoms with E-state index in [1.165, 1.54) is 18.9 Å². The van der Waals surface area contributed by atoms with Gasteiger partial charge in [-0.25, -0.2) is 18.4 Å². The Morgan fingerprint density at radius 1 is 0.848 bits per heavy atom. The van der Waals surface area contributed by atoms with Crippen molar-refractivity contribution in [3.63, 3.8) is 0 Å². The number of hydrogen-bond acceptors (Lipinski definition) is 6. The Labute approximate surface area is 193 Å². The van der Waals surface area contributed by atoms with Gasteiger partial charge in [-0.1, -0.05) is 55.3 Å². The van der Waals surface area contributed by atoms with E-state index in [-0.39, 0.29) is 16.4 Å². The topological polar surface area (TPSA) is 92.2 Å². The first-order valence-corrected chi connectivity index (χ1v) is 12.6. The predicted octanol–water partition coefficient (Wildman–Crippen LogP) is 4.98. The fraction of sp³-hybridized carbons (Fsp3) is 0.231. The first-order valence-electron chi connectivity index (χ1n) is 11.1. The van der Waals surface area contributed by atoms with Gasteiger partial charge in [-0.05, 0) is 48.7 Å². The number of hydrogen-bond donors (Lipinski definition) is 2. The van der Waals surface area contributed by atoms with Gasteiger partial charge in [0.15, 0.2) is 5.82 Å². The molecule has 168 valence electrons. The zero-order valence-corrected chi connectivity index (χ0v) is 18.9. The molecule has 0 unspecified atom stereocenters. The molecule has 1 heterocycles. The monoisotopic (exact) mass is 459 g/mol. The number of nitrogens with one attached hydrogen (secondary N) is 1. The first-order chi connectivity index (χ1) is 16.1. The average Bonchev–Trinajstić information content (AvgIpc) is 3.37. The molecule has 1 fully saturated rings. The summed E-state index contributed by atoms with van der Waals surface area (Å²) in [7, 11) is -3.91. The summed E-state index contributed by atoms with van der Waals surface area (Å²) in [6.45, 7) is -0.362. The summed E-state index contributed by atoms with van der Waals surface area (Å²) in [5.74, 6) is 1.08. The van der Waals surface area contributed by atoms with Crippen molar-refractivity contribution in [2.45, 2.75) is 48.1 Å². The SMILES string of the molecule is O=S(=O)(c1ccccc1CO)c1ccccc1-c1nc(NC2CCCC2)c2ccccc2n1. The molecular formula is C26H25N3O3S. The van der Waals surface area contributed by atoms with Crippen molar-refractivity contribution in [3.05, 3.63) is 78.4 Å². The van der Waals surface area contributed by atoms with Gasteiger partial charge in [-0.2, -0.15) is 0 Å². The lowest BCUT2D eigenvalue weighted by Crippen LogP contribution is -2.16. The largest absolute Gasteiger partial charge is 0.392 e. The first kappa shape index (κ1) is 21.6. The summed E-state index contributed by atoms with van der Waals surface area (Å²) in [6, 6.07) is 21.4. The van der Waals surface area contributed by atoms with Crippen molar-refractivity contribution < 1.29 is 13.5 Å². The van der Waals surface area contributed by atoms with E-state index in [1.54, 1.807) is 42.5 Å². The van der Waals surface area contributed by atoms with Crippen LogP contribution in [0.15, 0.2) is 82.6 Å². The minimum Gasteiger partial charge on any atom is -0.392 e. The smallest absolute Gasteiger partial charge is 0.207 e. The number of aliphatic hydroxyl groups is 1. The normalized spacial score (nSPS) is 14.6. The maximum atomic E-state index is 13.7. The lowest BCUT2D eigenvalue weighted by Gasteiger charge is -2.17. The number of nitrogens with zero attached hydrogens (tertiary/aromatic N) is 2. The molecule has 1 aliphatic carbocycles. The van der Waals surface area contributed by atoms with Gasteiger partial charge in [0.1, 0.15) is 5.82 Å². The molecular weight excluding hydrogens is 434 g/mol. The van der Waals surface area contributed by atoms with Gasteiger partial charge < -0.3 is 10.4 Å². The standard InChI is InChI=1S/C26H25N3O3S/c30-17-18-9-1-7-15-23(18)33(31,32)24-16-8-5-13-21(24)26-28-22-14-6-4-12-20(22)25(29-26)27-19-10-2-3-11-19/h1,4-9,12-16,19,30H,2-3,10-11,17H2,(H,27,28,29). The molecule has 0 amide bonds. The number of aromatic nitrogens is 2.